The number of carbonyl (C=O) groups excluding carboxylic acids is 2. The molecule has 2 heterocycles. The SMILES string of the molecule is COC(=O)C1CC2(CN1)C(=O)Nc1ccc(CC(C)(C)C)cc12. The second kappa shape index (κ2) is 5.34. The highest BCUT2D eigenvalue weighted by Gasteiger charge is 2.53. The van der Waals surface area contributed by atoms with Crippen molar-refractivity contribution in [3.63, 3.8) is 0 Å². The Balaban J connectivity index is 1.95. The second-order valence-electron chi connectivity index (χ2n) is 7.81. The van der Waals surface area contributed by atoms with Gasteiger partial charge in [-0.2, -0.15) is 0 Å². The van der Waals surface area contributed by atoms with Crippen LogP contribution in [0.4, 0.5) is 5.69 Å². The van der Waals surface area contributed by atoms with Crippen LogP contribution in [0.5, 0.6) is 0 Å². The fraction of sp³-hybridized carbons (Fsp3) is 0.556. The predicted molar refractivity (Wildman–Crippen MR) is 88.3 cm³/mol. The van der Waals surface area contributed by atoms with E-state index in [0.717, 1.165) is 17.7 Å². The fourth-order valence-corrected chi connectivity index (χ4v) is 3.66. The van der Waals surface area contributed by atoms with E-state index in [0.29, 0.717) is 13.0 Å². The van der Waals surface area contributed by atoms with Crippen molar-refractivity contribution in [2.24, 2.45) is 5.41 Å². The van der Waals surface area contributed by atoms with Gasteiger partial charge in [-0.1, -0.05) is 32.9 Å². The number of esters is 1. The van der Waals surface area contributed by atoms with Gasteiger partial charge in [0.2, 0.25) is 5.91 Å². The van der Waals surface area contributed by atoms with Crippen LogP contribution in [0.15, 0.2) is 18.2 Å². The largest absolute Gasteiger partial charge is 0.468 e. The summed E-state index contributed by atoms with van der Waals surface area (Å²) in [7, 11) is 1.37. The highest BCUT2D eigenvalue weighted by Crippen LogP contribution is 2.44. The maximum Gasteiger partial charge on any atom is 0.322 e. The first-order chi connectivity index (χ1) is 10.7. The molecule has 2 atom stereocenters. The van der Waals surface area contributed by atoms with Gasteiger partial charge in [0.1, 0.15) is 6.04 Å². The summed E-state index contributed by atoms with van der Waals surface area (Å²) in [5.74, 6) is -0.340. The molecule has 1 aromatic carbocycles. The van der Waals surface area contributed by atoms with Gasteiger partial charge < -0.3 is 15.4 Å². The van der Waals surface area contributed by atoms with Gasteiger partial charge in [0.15, 0.2) is 0 Å². The van der Waals surface area contributed by atoms with E-state index < -0.39 is 11.5 Å². The van der Waals surface area contributed by atoms with Crippen molar-refractivity contribution < 1.29 is 14.3 Å². The smallest absolute Gasteiger partial charge is 0.322 e. The van der Waals surface area contributed by atoms with E-state index in [-0.39, 0.29) is 17.3 Å². The van der Waals surface area contributed by atoms with E-state index in [1.807, 2.05) is 6.07 Å². The van der Waals surface area contributed by atoms with Gasteiger partial charge in [-0.3, -0.25) is 9.59 Å². The van der Waals surface area contributed by atoms with Gasteiger partial charge in [-0.05, 0) is 35.4 Å². The minimum Gasteiger partial charge on any atom is -0.468 e. The molecule has 0 aromatic heterocycles. The van der Waals surface area contributed by atoms with Crippen LogP contribution in [-0.4, -0.2) is 31.6 Å². The quantitative estimate of drug-likeness (QED) is 0.819. The summed E-state index contributed by atoms with van der Waals surface area (Å²) in [6.45, 7) is 7.06. The molecule has 1 amide bonds. The number of hydrogen-bond donors (Lipinski definition) is 2. The Kier molecular flexibility index (Phi) is 3.71. The second-order valence-corrected chi connectivity index (χ2v) is 7.81. The van der Waals surface area contributed by atoms with Crippen molar-refractivity contribution >= 4 is 17.6 Å². The normalized spacial score (nSPS) is 26.3. The van der Waals surface area contributed by atoms with Crippen LogP contribution in [0.2, 0.25) is 0 Å². The summed E-state index contributed by atoms with van der Waals surface area (Å²) in [4.78, 5) is 24.4. The molecule has 1 saturated heterocycles. The minimum atomic E-state index is -0.665. The first-order valence-corrected chi connectivity index (χ1v) is 8.01. The molecule has 5 heteroatoms. The summed E-state index contributed by atoms with van der Waals surface area (Å²) in [6.07, 6.45) is 1.38. The molecular formula is C18H24N2O3. The minimum absolute atomic E-state index is 0.0284. The number of hydrogen-bond acceptors (Lipinski definition) is 4. The lowest BCUT2D eigenvalue weighted by Gasteiger charge is -2.22. The number of ether oxygens (including phenoxy) is 1. The molecular weight excluding hydrogens is 292 g/mol. The number of rotatable bonds is 2. The average Bonchev–Trinajstić information content (AvgIpc) is 3.02. The first-order valence-electron chi connectivity index (χ1n) is 8.01. The third-order valence-electron chi connectivity index (χ3n) is 4.71. The Bertz CT molecular complexity index is 663. The van der Waals surface area contributed by atoms with Crippen LogP contribution in [-0.2, 0) is 26.2 Å². The van der Waals surface area contributed by atoms with Crippen LogP contribution in [0, 0.1) is 5.41 Å². The van der Waals surface area contributed by atoms with Gasteiger partial charge >= 0.3 is 5.97 Å². The van der Waals surface area contributed by atoms with Crippen molar-refractivity contribution in [2.75, 3.05) is 19.0 Å². The number of nitrogens with one attached hydrogen (secondary N) is 2. The van der Waals surface area contributed by atoms with Gasteiger partial charge in [-0.15, -0.1) is 0 Å². The van der Waals surface area contributed by atoms with Crippen molar-refractivity contribution in [3.8, 4) is 0 Å². The first kappa shape index (κ1) is 16.0. The van der Waals surface area contributed by atoms with Crippen molar-refractivity contribution in [1.29, 1.82) is 0 Å². The Morgan fingerprint density at radius 3 is 2.78 bits per heavy atom. The van der Waals surface area contributed by atoms with Crippen LogP contribution >= 0.6 is 0 Å². The predicted octanol–water partition coefficient (Wildman–Crippen LogP) is 2.00. The summed E-state index contributed by atoms with van der Waals surface area (Å²) in [6, 6.07) is 5.75. The topological polar surface area (TPSA) is 67.4 Å². The molecule has 23 heavy (non-hydrogen) atoms. The molecule has 1 fully saturated rings. The molecule has 0 saturated carbocycles. The number of carbonyl (C=O) groups is 2. The number of benzene rings is 1. The highest BCUT2D eigenvalue weighted by molar-refractivity contribution is 6.07. The molecule has 0 radical (unpaired) electrons. The molecule has 0 aliphatic carbocycles. The number of anilines is 1. The Labute approximate surface area is 136 Å². The van der Waals surface area contributed by atoms with E-state index >= 15 is 0 Å². The van der Waals surface area contributed by atoms with Crippen LogP contribution in [0.3, 0.4) is 0 Å². The average molecular weight is 316 g/mol. The summed E-state index contributed by atoms with van der Waals surface area (Å²) in [5, 5.41) is 6.11. The van der Waals surface area contributed by atoms with E-state index in [2.05, 4.69) is 43.5 Å². The van der Waals surface area contributed by atoms with Gasteiger partial charge in [0.25, 0.3) is 0 Å². The van der Waals surface area contributed by atoms with E-state index in [9.17, 15) is 9.59 Å². The highest BCUT2D eigenvalue weighted by atomic mass is 16.5. The molecule has 2 aliphatic heterocycles. The monoisotopic (exact) mass is 316 g/mol. The van der Waals surface area contributed by atoms with Gasteiger partial charge in [0.05, 0.1) is 12.5 Å². The standard InChI is InChI=1S/C18H24N2O3/c1-17(2,3)8-11-5-6-13-12(7-11)18(16(22)20-13)9-14(19-10-18)15(21)23-4/h5-7,14,19H,8-10H2,1-4H3,(H,20,22). The van der Waals surface area contributed by atoms with E-state index in [1.54, 1.807) is 0 Å². The van der Waals surface area contributed by atoms with Crippen LogP contribution in [0.25, 0.3) is 0 Å². The fourth-order valence-electron chi connectivity index (χ4n) is 3.66. The van der Waals surface area contributed by atoms with E-state index in [4.69, 9.17) is 4.74 Å². The number of fused-ring (bicyclic) bond motifs is 2. The molecule has 2 aliphatic rings. The Hall–Kier alpha value is -1.88. The molecule has 5 nitrogen and oxygen atoms in total. The molecule has 3 rings (SSSR count). The van der Waals surface area contributed by atoms with Crippen LogP contribution in [0.1, 0.15) is 38.3 Å². The molecule has 2 N–H and O–H groups in total. The summed E-state index contributed by atoms with van der Waals surface area (Å²) < 4.78 is 4.82. The van der Waals surface area contributed by atoms with Gasteiger partial charge in [-0.25, -0.2) is 0 Å². The number of methoxy groups -OCH3 is 1. The lowest BCUT2D eigenvalue weighted by atomic mass is 9.78. The lowest BCUT2D eigenvalue weighted by molar-refractivity contribution is -0.142. The zero-order valence-corrected chi connectivity index (χ0v) is 14.2. The summed E-state index contributed by atoms with van der Waals surface area (Å²) in [5.41, 5.74) is 2.60. The van der Waals surface area contributed by atoms with Crippen molar-refractivity contribution in [2.45, 2.75) is 45.1 Å². The maximum absolute atomic E-state index is 12.6. The van der Waals surface area contributed by atoms with Crippen molar-refractivity contribution in [1.82, 2.24) is 5.32 Å². The molecule has 0 bridgehead atoms. The molecule has 124 valence electrons. The third-order valence-corrected chi connectivity index (χ3v) is 4.71. The Morgan fingerprint density at radius 2 is 2.13 bits per heavy atom. The molecule has 2 unspecified atom stereocenters. The van der Waals surface area contributed by atoms with Crippen molar-refractivity contribution in [3.05, 3.63) is 29.3 Å². The molecule has 1 aromatic rings. The zero-order valence-electron chi connectivity index (χ0n) is 14.2. The Morgan fingerprint density at radius 1 is 1.39 bits per heavy atom. The zero-order chi connectivity index (χ0) is 16.8. The van der Waals surface area contributed by atoms with Gasteiger partial charge in [0, 0.05) is 12.2 Å². The lowest BCUT2D eigenvalue weighted by Crippen LogP contribution is -2.36. The maximum atomic E-state index is 12.6. The summed E-state index contributed by atoms with van der Waals surface area (Å²) >= 11 is 0. The number of amides is 1. The van der Waals surface area contributed by atoms with E-state index in [1.165, 1.54) is 12.7 Å². The third kappa shape index (κ3) is 2.74. The molecule has 1 spiro atoms. The van der Waals surface area contributed by atoms with Crippen LogP contribution < -0.4 is 10.6 Å².